The number of hydrogen-bond acceptors (Lipinski definition) is 3. The number of nitrogens with zero attached hydrogens (tertiary/aromatic N) is 2. The monoisotopic (exact) mass is 240 g/mol. The largest absolute Gasteiger partial charge is 0.481 e. The van der Waals surface area contributed by atoms with Crippen molar-refractivity contribution in [3.63, 3.8) is 0 Å². The molecule has 2 aliphatic heterocycles. The molecule has 0 radical (unpaired) electrons. The summed E-state index contributed by atoms with van der Waals surface area (Å²) in [6.07, 6.45) is 4.32. The molecule has 2 aliphatic rings. The maximum atomic E-state index is 11.0. The van der Waals surface area contributed by atoms with Gasteiger partial charge in [-0.2, -0.15) is 0 Å². The predicted octanol–water partition coefficient (Wildman–Crippen LogP) is 1.27. The first kappa shape index (κ1) is 12.8. The van der Waals surface area contributed by atoms with Gasteiger partial charge in [0.2, 0.25) is 0 Å². The van der Waals surface area contributed by atoms with Crippen molar-refractivity contribution in [1.82, 2.24) is 9.80 Å². The van der Waals surface area contributed by atoms with Gasteiger partial charge in [0, 0.05) is 12.6 Å². The fraction of sp³-hybridized carbons (Fsp3) is 0.923. The number of likely N-dealkylation sites (tertiary alicyclic amines) is 2. The average molecular weight is 240 g/mol. The summed E-state index contributed by atoms with van der Waals surface area (Å²) < 4.78 is 0. The zero-order valence-electron chi connectivity index (χ0n) is 10.8. The Morgan fingerprint density at radius 1 is 1.24 bits per heavy atom. The highest BCUT2D eigenvalue weighted by molar-refractivity contribution is 5.70. The van der Waals surface area contributed by atoms with Crippen LogP contribution in [0, 0.1) is 5.92 Å². The molecule has 2 saturated heterocycles. The Balaban J connectivity index is 1.84. The minimum Gasteiger partial charge on any atom is -0.481 e. The molecule has 2 fully saturated rings. The van der Waals surface area contributed by atoms with Gasteiger partial charge >= 0.3 is 5.97 Å². The first-order valence-electron chi connectivity index (χ1n) is 6.90. The molecule has 0 amide bonds. The molecule has 0 aliphatic carbocycles. The Hall–Kier alpha value is -0.610. The highest BCUT2D eigenvalue weighted by Crippen LogP contribution is 2.23. The van der Waals surface area contributed by atoms with Gasteiger partial charge in [-0.15, -0.1) is 0 Å². The smallest absolute Gasteiger partial charge is 0.307 e. The quantitative estimate of drug-likeness (QED) is 0.807. The van der Waals surface area contributed by atoms with Crippen LogP contribution < -0.4 is 0 Å². The molecular formula is C13H24N2O2. The highest BCUT2D eigenvalue weighted by Gasteiger charge is 2.31. The third kappa shape index (κ3) is 3.19. The minimum atomic E-state index is -0.610. The normalized spacial score (nSPS) is 29.4. The summed E-state index contributed by atoms with van der Waals surface area (Å²) in [6, 6.07) is 0.625. The van der Waals surface area contributed by atoms with E-state index in [4.69, 9.17) is 5.11 Å². The molecule has 2 heterocycles. The molecule has 2 rings (SSSR count). The van der Waals surface area contributed by atoms with Crippen molar-refractivity contribution in [3.8, 4) is 0 Å². The van der Waals surface area contributed by atoms with E-state index in [9.17, 15) is 4.79 Å². The van der Waals surface area contributed by atoms with E-state index in [0.717, 1.165) is 32.5 Å². The van der Waals surface area contributed by atoms with Crippen molar-refractivity contribution in [2.45, 2.75) is 38.6 Å². The molecule has 1 atom stereocenters. The SMILES string of the molecule is CCN1CCC(N2CCCC(C(=O)O)C2)CC1. The minimum absolute atomic E-state index is 0.132. The van der Waals surface area contributed by atoms with Crippen LogP contribution in [0.4, 0.5) is 0 Å². The van der Waals surface area contributed by atoms with Gasteiger partial charge in [0.25, 0.3) is 0 Å². The van der Waals surface area contributed by atoms with E-state index in [1.54, 1.807) is 0 Å². The van der Waals surface area contributed by atoms with Gasteiger partial charge < -0.3 is 10.0 Å². The molecule has 98 valence electrons. The second-order valence-electron chi connectivity index (χ2n) is 5.34. The van der Waals surface area contributed by atoms with Crippen LogP contribution in [-0.2, 0) is 4.79 Å². The van der Waals surface area contributed by atoms with E-state index in [0.29, 0.717) is 6.04 Å². The number of carboxylic acid groups (broad SMARTS) is 1. The first-order chi connectivity index (χ1) is 8.20. The lowest BCUT2D eigenvalue weighted by Crippen LogP contribution is -2.49. The summed E-state index contributed by atoms with van der Waals surface area (Å²) in [5.41, 5.74) is 0. The highest BCUT2D eigenvalue weighted by atomic mass is 16.4. The Kier molecular flexibility index (Phi) is 4.40. The van der Waals surface area contributed by atoms with Crippen LogP contribution in [0.3, 0.4) is 0 Å². The fourth-order valence-corrected chi connectivity index (χ4v) is 3.14. The van der Waals surface area contributed by atoms with Crippen LogP contribution in [-0.4, -0.2) is 59.6 Å². The van der Waals surface area contributed by atoms with Gasteiger partial charge in [0.15, 0.2) is 0 Å². The second kappa shape index (κ2) is 5.83. The van der Waals surface area contributed by atoms with E-state index in [1.165, 1.54) is 25.9 Å². The van der Waals surface area contributed by atoms with Crippen LogP contribution in [0.25, 0.3) is 0 Å². The molecule has 1 N–H and O–H groups in total. The summed E-state index contributed by atoms with van der Waals surface area (Å²) in [6.45, 7) is 7.57. The number of aliphatic carboxylic acids is 1. The summed E-state index contributed by atoms with van der Waals surface area (Å²) in [4.78, 5) is 16.0. The summed E-state index contributed by atoms with van der Waals surface area (Å²) in [5, 5.41) is 9.10. The molecule has 1 unspecified atom stereocenters. The summed E-state index contributed by atoms with van der Waals surface area (Å²) in [7, 11) is 0. The third-order valence-electron chi connectivity index (χ3n) is 4.32. The Bertz CT molecular complexity index is 262. The number of carboxylic acids is 1. The van der Waals surface area contributed by atoms with E-state index in [-0.39, 0.29) is 5.92 Å². The molecule has 0 saturated carbocycles. The van der Waals surface area contributed by atoms with Crippen molar-refractivity contribution in [3.05, 3.63) is 0 Å². The molecule has 17 heavy (non-hydrogen) atoms. The Morgan fingerprint density at radius 3 is 2.53 bits per heavy atom. The number of piperidine rings is 2. The molecule has 4 heteroatoms. The van der Waals surface area contributed by atoms with E-state index >= 15 is 0 Å². The zero-order chi connectivity index (χ0) is 12.3. The molecule has 0 spiro atoms. The predicted molar refractivity (Wildman–Crippen MR) is 67.1 cm³/mol. The van der Waals surface area contributed by atoms with Gasteiger partial charge in [-0.25, -0.2) is 0 Å². The lowest BCUT2D eigenvalue weighted by atomic mass is 9.94. The Morgan fingerprint density at radius 2 is 1.94 bits per heavy atom. The number of hydrogen-bond donors (Lipinski definition) is 1. The second-order valence-corrected chi connectivity index (χ2v) is 5.34. The van der Waals surface area contributed by atoms with Crippen LogP contribution in [0.1, 0.15) is 32.6 Å². The summed E-state index contributed by atoms with van der Waals surface area (Å²) >= 11 is 0. The molecule has 4 nitrogen and oxygen atoms in total. The Labute approximate surface area is 104 Å². The third-order valence-corrected chi connectivity index (χ3v) is 4.32. The number of rotatable bonds is 3. The molecule has 0 bridgehead atoms. The van der Waals surface area contributed by atoms with E-state index < -0.39 is 5.97 Å². The maximum absolute atomic E-state index is 11.0. The van der Waals surface area contributed by atoms with Crippen LogP contribution in [0.15, 0.2) is 0 Å². The van der Waals surface area contributed by atoms with Gasteiger partial charge in [0.1, 0.15) is 0 Å². The lowest BCUT2D eigenvalue weighted by molar-refractivity contribution is -0.144. The average Bonchev–Trinajstić information content (AvgIpc) is 2.39. The van der Waals surface area contributed by atoms with Gasteiger partial charge in [-0.3, -0.25) is 9.69 Å². The topological polar surface area (TPSA) is 43.8 Å². The first-order valence-corrected chi connectivity index (χ1v) is 6.90. The summed E-state index contributed by atoms with van der Waals surface area (Å²) in [5.74, 6) is -0.742. The van der Waals surface area contributed by atoms with E-state index in [1.807, 2.05) is 0 Å². The zero-order valence-corrected chi connectivity index (χ0v) is 10.8. The molecule has 0 aromatic heterocycles. The van der Waals surface area contributed by atoms with Crippen LogP contribution in [0.2, 0.25) is 0 Å². The number of carbonyl (C=O) groups is 1. The van der Waals surface area contributed by atoms with Crippen molar-refractivity contribution in [2.75, 3.05) is 32.7 Å². The lowest BCUT2D eigenvalue weighted by Gasteiger charge is -2.41. The molecular weight excluding hydrogens is 216 g/mol. The fourth-order valence-electron chi connectivity index (χ4n) is 3.14. The van der Waals surface area contributed by atoms with Crippen molar-refractivity contribution in [2.24, 2.45) is 5.92 Å². The standard InChI is InChI=1S/C13H24N2O2/c1-2-14-8-5-12(6-9-14)15-7-3-4-11(10-15)13(16)17/h11-12H,2-10H2,1H3,(H,16,17). The van der Waals surface area contributed by atoms with Gasteiger partial charge in [-0.1, -0.05) is 6.92 Å². The van der Waals surface area contributed by atoms with Crippen molar-refractivity contribution >= 4 is 5.97 Å². The maximum Gasteiger partial charge on any atom is 0.307 e. The molecule has 0 aromatic rings. The van der Waals surface area contributed by atoms with E-state index in [2.05, 4.69) is 16.7 Å². The van der Waals surface area contributed by atoms with Crippen LogP contribution >= 0.6 is 0 Å². The van der Waals surface area contributed by atoms with Gasteiger partial charge in [-0.05, 0) is 51.9 Å². The van der Waals surface area contributed by atoms with Crippen molar-refractivity contribution in [1.29, 1.82) is 0 Å². The molecule has 0 aromatic carbocycles. The van der Waals surface area contributed by atoms with Crippen molar-refractivity contribution < 1.29 is 9.90 Å². The van der Waals surface area contributed by atoms with Gasteiger partial charge in [0.05, 0.1) is 5.92 Å². The van der Waals surface area contributed by atoms with Crippen LogP contribution in [0.5, 0.6) is 0 Å².